The van der Waals surface area contributed by atoms with Crippen LogP contribution in [0.1, 0.15) is 43.8 Å². The van der Waals surface area contributed by atoms with Crippen LogP contribution in [0.4, 0.5) is 5.82 Å². The van der Waals surface area contributed by atoms with E-state index in [2.05, 4.69) is 15.3 Å². The van der Waals surface area contributed by atoms with E-state index < -0.39 is 0 Å². The molecule has 17 heavy (non-hydrogen) atoms. The molecule has 1 aromatic rings. The third-order valence-corrected chi connectivity index (χ3v) is 3.63. The molecule has 2 saturated carbocycles. The molecule has 5 heteroatoms. The molecule has 5 nitrogen and oxygen atoms in total. The molecule has 2 aliphatic rings. The smallest absolute Gasteiger partial charge is 0.252 e. The first-order valence-electron chi connectivity index (χ1n) is 6.36. The normalized spacial score (nSPS) is 28.3. The predicted molar refractivity (Wildman–Crippen MR) is 66.1 cm³/mol. The number of nitrogens with two attached hydrogens (primary N) is 1. The third kappa shape index (κ3) is 2.34. The lowest BCUT2D eigenvalue weighted by molar-refractivity contribution is 0.634. The molecule has 0 saturated heterocycles. The second-order valence-corrected chi connectivity index (χ2v) is 5.14. The Morgan fingerprint density at radius 3 is 2.82 bits per heavy atom. The van der Waals surface area contributed by atoms with Crippen LogP contribution in [0.3, 0.4) is 0 Å². The van der Waals surface area contributed by atoms with Crippen molar-refractivity contribution in [1.82, 2.24) is 9.97 Å². The van der Waals surface area contributed by atoms with Crippen LogP contribution in [0.2, 0.25) is 0 Å². The summed E-state index contributed by atoms with van der Waals surface area (Å²) in [7, 11) is 0. The molecule has 0 aromatic carbocycles. The van der Waals surface area contributed by atoms with Crippen molar-refractivity contribution >= 4 is 5.82 Å². The van der Waals surface area contributed by atoms with Gasteiger partial charge in [-0.25, -0.2) is 4.98 Å². The molecule has 2 fully saturated rings. The highest BCUT2D eigenvalue weighted by atomic mass is 16.1. The zero-order chi connectivity index (χ0) is 11.8. The number of H-pyrrole nitrogens is 1. The summed E-state index contributed by atoms with van der Waals surface area (Å²) < 4.78 is 0. The summed E-state index contributed by atoms with van der Waals surface area (Å²) in [5, 5.41) is 3.30. The number of aromatic nitrogens is 2. The molecule has 3 rings (SSSR count). The topological polar surface area (TPSA) is 83.8 Å². The maximum absolute atomic E-state index is 11.5. The van der Waals surface area contributed by atoms with Gasteiger partial charge in [0.2, 0.25) is 0 Å². The number of hydrogen-bond acceptors (Lipinski definition) is 4. The second kappa shape index (κ2) is 4.14. The van der Waals surface area contributed by atoms with Gasteiger partial charge >= 0.3 is 0 Å². The first-order chi connectivity index (χ1) is 8.22. The molecule has 1 heterocycles. The van der Waals surface area contributed by atoms with Gasteiger partial charge in [-0.05, 0) is 32.1 Å². The van der Waals surface area contributed by atoms with Crippen LogP contribution < -0.4 is 16.6 Å². The minimum absolute atomic E-state index is 0.0732. The first-order valence-corrected chi connectivity index (χ1v) is 6.36. The quantitative estimate of drug-likeness (QED) is 0.726. The number of nitrogens with zero attached hydrogens (tertiary/aromatic N) is 1. The summed E-state index contributed by atoms with van der Waals surface area (Å²) in [6.45, 7) is 0. The molecular formula is C12H18N4O. The fourth-order valence-corrected chi connectivity index (χ4v) is 2.46. The van der Waals surface area contributed by atoms with E-state index >= 15 is 0 Å². The Labute approximate surface area is 99.8 Å². The molecule has 0 aliphatic heterocycles. The van der Waals surface area contributed by atoms with E-state index in [1.165, 1.54) is 6.07 Å². The van der Waals surface area contributed by atoms with Crippen LogP contribution in [0.25, 0.3) is 0 Å². The van der Waals surface area contributed by atoms with Crippen LogP contribution in [0.5, 0.6) is 0 Å². The zero-order valence-electron chi connectivity index (χ0n) is 9.78. The third-order valence-electron chi connectivity index (χ3n) is 3.63. The van der Waals surface area contributed by atoms with Crippen molar-refractivity contribution in [3.8, 4) is 0 Å². The average Bonchev–Trinajstić information content (AvgIpc) is 3.05. The van der Waals surface area contributed by atoms with E-state index in [1.807, 2.05) is 0 Å². The summed E-state index contributed by atoms with van der Waals surface area (Å²) in [5.41, 5.74) is 5.93. The van der Waals surface area contributed by atoms with Gasteiger partial charge in [-0.2, -0.15) is 0 Å². The van der Waals surface area contributed by atoms with Crippen LogP contribution in [-0.4, -0.2) is 22.1 Å². The van der Waals surface area contributed by atoms with Gasteiger partial charge in [0.25, 0.3) is 5.56 Å². The molecule has 92 valence electrons. The number of hydrogen-bond donors (Lipinski definition) is 3. The molecule has 2 unspecified atom stereocenters. The van der Waals surface area contributed by atoms with E-state index in [-0.39, 0.29) is 17.6 Å². The summed E-state index contributed by atoms with van der Waals surface area (Å²) in [5.74, 6) is 1.96. The molecule has 2 aliphatic carbocycles. The van der Waals surface area contributed by atoms with Gasteiger partial charge in [0.05, 0.1) is 0 Å². The SMILES string of the molecule is NC1CCCC1Nc1cc(=O)[nH]c(C2CC2)n1. The lowest BCUT2D eigenvalue weighted by Gasteiger charge is -2.17. The van der Waals surface area contributed by atoms with Crippen molar-refractivity contribution in [2.45, 2.75) is 50.1 Å². The van der Waals surface area contributed by atoms with Gasteiger partial charge in [-0.15, -0.1) is 0 Å². The first kappa shape index (κ1) is 10.8. The maximum Gasteiger partial charge on any atom is 0.252 e. The molecule has 0 bridgehead atoms. The summed E-state index contributed by atoms with van der Waals surface area (Å²) in [6, 6.07) is 1.97. The zero-order valence-corrected chi connectivity index (χ0v) is 9.78. The molecule has 1 aromatic heterocycles. The Kier molecular flexibility index (Phi) is 2.63. The van der Waals surface area contributed by atoms with Crippen molar-refractivity contribution in [1.29, 1.82) is 0 Å². The molecular weight excluding hydrogens is 216 g/mol. The van der Waals surface area contributed by atoms with Crippen molar-refractivity contribution in [2.75, 3.05) is 5.32 Å². The number of nitrogens with one attached hydrogen (secondary N) is 2. The fourth-order valence-electron chi connectivity index (χ4n) is 2.46. The predicted octanol–water partition coefficient (Wildman–Crippen LogP) is 0.939. The molecule has 0 radical (unpaired) electrons. The van der Waals surface area contributed by atoms with Crippen LogP contribution in [0, 0.1) is 0 Å². The van der Waals surface area contributed by atoms with Crippen molar-refractivity contribution in [3.63, 3.8) is 0 Å². The monoisotopic (exact) mass is 234 g/mol. The largest absolute Gasteiger partial charge is 0.366 e. The highest BCUT2D eigenvalue weighted by Crippen LogP contribution is 2.37. The van der Waals surface area contributed by atoms with E-state index in [1.54, 1.807) is 0 Å². The maximum atomic E-state index is 11.5. The molecule has 4 N–H and O–H groups in total. The standard InChI is InChI=1S/C12H18N4O/c13-8-2-1-3-9(8)14-10-6-11(17)16-12(15-10)7-4-5-7/h6-9H,1-5,13H2,(H2,14,15,16,17). The lowest BCUT2D eigenvalue weighted by atomic mass is 10.2. The van der Waals surface area contributed by atoms with E-state index in [0.717, 1.165) is 37.9 Å². The number of aromatic amines is 1. The molecule has 2 atom stereocenters. The van der Waals surface area contributed by atoms with Crippen molar-refractivity contribution in [3.05, 3.63) is 22.2 Å². The van der Waals surface area contributed by atoms with Crippen molar-refractivity contribution < 1.29 is 0 Å². The molecule has 0 spiro atoms. The number of anilines is 1. The van der Waals surface area contributed by atoms with Gasteiger partial charge in [0.1, 0.15) is 11.6 Å². The summed E-state index contributed by atoms with van der Waals surface area (Å²) in [4.78, 5) is 18.8. The minimum atomic E-state index is -0.0732. The van der Waals surface area contributed by atoms with E-state index in [4.69, 9.17) is 5.73 Å². The van der Waals surface area contributed by atoms with Gasteiger partial charge in [-0.3, -0.25) is 4.79 Å². The highest BCUT2D eigenvalue weighted by Gasteiger charge is 2.28. The van der Waals surface area contributed by atoms with Gasteiger partial charge < -0.3 is 16.0 Å². The van der Waals surface area contributed by atoms with Crippen molar-refractivity contribution in [2.24, 2.45) is 5.73 Å². The highest BCUT2D eigenvalue weighted by molar-refractivity contribution is 5.36. The Balaban J connectivity index is 1.79. The van der Waals surface area contributed by atoms with Crippen LogP contribution >= 0.6 is 0 Å². The second-order valence-electron chi connectivity index (χ2n) is 5.14. The summed E-state index contributed by atoms with van der Waals surface area (Å²) in [6.07, 6.45) is 5.53. The Morgan fingerprint density at radius 2 is 2.18 bits per heavy atom. The Morgan fingerprint density at radius 1 is 1.35 bits per heavy atom. The average molecular weight is 234 g/mol. The lowest BCUT2D eigenvalue weighted by Crippen LogP contribution is -2.35. The van der Waals surface area contributed by atoms with Crippen LogP contribution in [-0.2, 0) is 0 Å². The van der Waals surface area contributed by atoms with Gasteiger partial charge in [0, 0.05) is 24.1 Å². The minimum Gasteiger partial charge on any atom is -0.366 e. The van der Waals surface area contributed by atoms with Crippen LogP contribution in [0.15, 0.2) is 10.9 Å². The summed E-state index contributed by atoms with van der Waals surface area (Å²) >= 11 is 0. The van der Waals surface area contributed by atoms with Gasteiger partial charge in [-0.1, -0.05) is 0 Å². The fraction of sp³-hybridized carbons (Fsp3) is 0.667. The number of rotatable bonds is 3. The van der Waals surface area contributed by atoms with Gasteiger partial charge in [0.15, 0.2) is 0 Å². The molecule has 0 amide bonds. The Hall–Kier alpha value is -1.36. The van der Waals surface area contributed by atoms with E-state index in [9.17, 15) is 4.79 Å². The van der Waals surface area contributed by atoms with E-state index in [0.29, 0.717) is 11.7 Å². The Bertz CT molecular complexity index is 466.